The molecule has 0 bridgehead atoms. The molecule has 1 aromatic heterocycles. The summed E-state index contributed by atoms with van der Waals surface area (Å²) in [6.45, 7) is -0.412. The maximum Gasteiger partial charge on any atom is 0.408 e. The molecule has 4 heterocycles. The molecule has 1 amide bonds. The molecule has 0 saturated carbocycles. The predicted octanol–water partition coefficient (Wildman–Crippen LogP) is 1.21. The van der Waals surface area contributed by atoms with Crippen molar-refractivity contribution in [1.29, 1.82) is 0 Å². The molecule has 0 aliphatic carbocycles. The van der Waals surface area contributed by atoms with Crippen LogP contribution in [0.15, 0.2) is 46.2 Å². The highest BCUT2D eigenvalue weighted by molar-refractivity contribution is 6.48. The molecular formula is C16H16F3N7O. The van der Waals surface area contributed by atoms with Gasteiger partial charge in [0.25, 0.3) is 0 Å². The maximum atomic E-state index is 12.5. The van der Waals surface area contributed by atoms with E-state index in [9.17, 15) is 18.0 Å². The van der Waals surface area contributed by atoms with Gasteiger partial charge in [-0.15, -0.1) is 0 Å². The summed E-state index contributed by atoms with van der Waals surface area (Å²) in [4.78, 5) is 18.1. The number of halogens is 3. The van der Waals surface area contributed by atoms with Gasteiger partial charge in [0.2, 0.25) is 5.91 Å². The molecule has 0 spiro atoms. The molecule has 8 nitrogen and oxygen atoms in total. The van der Waals surface area contributed by atoms with E-state index in [1.165, 1.54) is 18.6 Å². The minimum atomic E-state index is -4.32. The lowest BCUT2D eigenvalue weighted by Gasteiger charge is -2.21. The van der Waals surface area contributed by atoms with Gasteiger partial charge in [0.1, 0.15) is 12.3 Å². The fourth-order valence-corrected chi connectivity index (χ4v) is 3.23. The number of likely N-dealkylation sites (N-methyl/N-ethyl adjacent to an activating group) is 1. The third-order valence-electron chi connectivity index (χ3n) is 4.26. The smallest absolute Gasteiger partial charge is 0.363 e. The largest absolute Gasteiger partial charge is 0.408 e. The van der Waals surface area contributed by atoms with E-state index >= 15 is 0 Å². The van der Waals surface area contributed by atoms with Crippen molar-refractivity contribution in [2.45, 2.75) is 25.7 Å². The SMILES string of the molecule is CN1CC2=C3C(=NC=CN3C(=O)C2)C(NCc2cnn(CC(F)(F)F)c2)=N1. The average molecular weight is 379 g/mol. The molecule has 4 rings (SSSR count). The summed E-state index contributed by atoms with van der Waals surface area (Å²) in [6.07, 6.45) is 1.85. The van der Waals surface area contributed by atoms with Crippen LogP contribution in [-0.2, 0) is 17.9 Å². The van der Waals surface area contributed by atoms with Crippen LogP contribution < -0.4 is 5.32 Å². The number of rotatable bonds is 3. The molecule has 1 N–H and O–H groups in total. The molecule has 0 radical (unpaired) electrons. The van der Waals surface area contributed by atoms with Crippen LogP contribution in [0, 0.1) is 0 Å². The number of aliphatic imine (C=N–C) groups is 1. The monoisotopic (exact) mass is 379 g/mol. The van der Waals surface area contributed by atoms with Crippen molar-refractivity contribution in [2.75, 3.05) is 13.6 Å². The van der Waals surface area contributed by atoms with Gasteiger partial charge in [-0.1, -0.05) is 0 Å². The zero-order valence-electron chi connectivity index (χ0n) is 14.4. The first-order valence-corrected chi connectivity index (χ1v) is 8.21. The van der Waals surface area contributed by atoms with E-state index in [4.69, 9.17) is 0 Å². The first-order chi connectivity index (χ1) is 12.8. The molecule has 27 heavy (non-hydrogen) atoms. The molecule has 3 aliphatic rings. The van der Waals surface area contributed by atoms with Gasteiger partial charge in [-0.05, 0) is 5.57 Å². The Hall–Kier alpha value is -3.11. The number of alkyl halides is 3. The number of nitrogens with one attached hydrogen (secondary N) is 1. The van der Waals surface area contributed by atoms with Crippen LogP contribution in [0.25, 0.3) is 0 Å². The molecular weight excluding hydrogens is 363 g/mol. The Morgan fingerprint density at radius 3 is 2.93 bits per heavy atom. The van der Waals surface area contributed by atoms with E-state index in [-0.39, 0.29) is 12.5 Å². The first-order valence-electron chi connectivity index (χ1n) is 8.21. The number of aromatic nitrogens is 2. The van der Waals surface area contributed by atoms with Crippen molar-refractivity contribution in [2.24, 2.45) is 10.1 Å². The Morgan fingerprint density at radius 1 is 1.33 bits per heavy atom. The quantitative estimate of drug-likeness (QED) is 0.856. The van der Waals surface area contributed by atoms with E-state index < -0.39 is 12.7 Å². The average Bonchev–Trinajstić information content (AvgIpc) is 3.10. The fraction of sp³-hybridized carbons (Fsp3) is 0.375. The lowest BCUT2D eigenvalue weighted by Crippen LogP contribution is -2.37. The van der Waals surface area contributed by atoms with Crippen molar-refractivity contribution in [1.82, 2.24) is 25.0 Å². The van der Waals surface area contributed by atoms with Crippen molar-refractivity contribution in [3.63, 3.8) is 0 Å². The number of carbonyl (C=O) groups is 1. The molecule has 1 aromatic rings. The van der Waals surface area contributed by atoms with Gasteiger partial charge in [-0.25, -0.2) is 4.99 Å². The van der Waals surface area contributed by atoms with Gasteiger partial charge in [-0.3, -0.25) is 19.4 Å². The van der Waals surface area contributed by atoms with Crippen molar-refractivity contribution in [3.8, 4) is 0 Å². The Morgan fingerprint density at radius 2 is 2.15 bits per heavy atom. The third-order valence-corrected chi connectivity index (χ3v) is 4.26. The van der Waals surface area contributed by atoms with Crippen LogP contribution >= 0.6 is 0 Å². The number of amidine groups is 1. The van der Waals surface area contributed by atoms with Gasteiger partial charge in [0.15, 0.2) is 5.84 Å². The van der Waals surface area contributed by atoms with Gasteiger partial charge in [0.05, 0.1) is 24.9 Å². The normalized spacial score (nSPS) is 19.2. The number of carbonyl (C=O) groups excluding carboxylic acids is 1. The second-order valence-corrected chi connectivity index (χ2v) is 6.45. The second-order valence-electron chi connectivity index (χ2n) is 6.45. The molecule has 0 fully saturated rings. The Bertz CT molecular complexity index is 909. The first kappa shape index (κ1) is 17.3. The molecule has 11 heteroatoms. The lowest BCUT2D eigenvalue weighted by molar-refractivity contribution is -0.142. The molecule has 0 aromatic carbocycles. The predicted molar refractivity (Wildman–Crippen MR) is 90.3 cm³/mol. The molecule has 0 atom stereocenters. The summed E-state index contributed by atoms with van der Waals surface area (Å²) in [6, 6.07) is 0. The Kier molecular flexibility index (Phi) is 4.01. The second kappa shape index (κ2) is 6.25. The summed E-state index contributed by atoms with van der Waals surface area (Å²) in [5, 5.41) is 13.0. The van der Waals surface area contributed by atoms with Crippen molar-refractivity contribution in [3.05, 3.63) is 41.6 Å². The van der Waals surface area contributed by atoms with Gasteiger partial charge >= 0.3 is 6.18 Å². The Labute approximate surface area is 152 Å². The van der Waals surface area contributed by atoms with Crippen LogP contribution in [0.4, 0.5) is 13.2 Å². The highest BCUT2D eigenvalue weighted by Gasteiger charge is 2.37. The van der Waals surface area contributed by atoms with Crippen LogP contribution in [0.2, 0.25) is 0 Å². The summed E-state index contributed by atoms with van der Waals surface area (Å²) in [7, 11) is 1.79. The van der Waals surface area contributed by atoms with Gasteiger partial charge in [0, 0.05) is 37.8 Å². The number of nitrogens with zero attached hydrogens (tertiary/aromatic N) is 6. The summed E-state index contributed by atoms with van der Waals surface area (Å²) >= 11 is 0. The van der Waals surface area contributed by atoms with Crippen LogP contribution in [-0.4, -0.2) is 56.9 Å². The zero-order valence-corrected chi connectivity index (χ0v) is 14.4. The maximum absolute atomic E-state index is 12.5. The standard InChI is InChI=1S/C16H16F3N7O/c1-24-8-11-4-12(27)26-3-2-20-13(14(11)26)15(23-24)21-5-10-6-22-25(7-10)9-16(17,18)19/h2-3,6-7H,4-5,8-9H2,1H3,(H,21,23). The minimum absolute atomic E-state index is 0.0215. The highest BCUT2D eigenvalue weighted by Crippen LogP contribution is 2.30. The van der Waals surface area contributed by atoms with E-state index in [1.54, 1.807) is 23.2 Å². The fourth-order valence-electron chi connectivity index (χ4n) is 3.23. The number of hydrogen-bond acceptors (Lipinski definition) is 6. The summed E-state index contributed by atoms with van der Waals surface area (Å²) in [5.41, 5.74) is 2.79. The number of hydrogen-bond donors (Lipinski definition) is 1. The van der Waals surface area contributed by atoms with Crippen molar-refractivity contribution < 1.29 is 18.0 Å². The Balaban J connectivity index is 1.53. The van der Waals surface area contributed by atoms with Crippen LogP contribution in [0.1, 0.15) is 12.0 Å². The van der Waals surface area contributed by atoms with E-state index in [1.807, 2.05) is 0 Å². The van der Waals surface area contributed by atoms with Crippen molar-refractivity contribution >= 4 is 17.5 Å². The topological polar surface area (TPSA) is 78.1 Å². The van der Waals surface area contributed by atoms with E-state index in [0.29, 0.717) is 30.1 Å². The molecule has 0 unspecified atom stereocenters. The lowest BCUT2D eigenvalue weighted by atomic mass is 10.1. The van der Waals surface area contributed by atoms with E-state index in [0.717, 1.165) is 16.0 Å². The van der Waals surface area contributed by atoms with E-state index in [2.05, 4.69) is 20.5 Å². The van der Waals surface area contributed by atoms with Gasteiger partial charge < -0.3 is 5.32 Å². The molecule has 3 aliphatic heterocycles. The highest BCUT2D eigenvalue weighted by atomic mass is 19.4. The molecule has 0 saturated heterocycles. The number of hydrazone groups is 1. The summed E-state index contributed by atoms with van der Waals surface area (Å²) < 4.78 is 38.2. The van der Waals surface area contributed by atoms with Gasteiger partial charge in [-0.2, -0.15) is 23.4 Å². The molecule has 142 valence electrons. The van der Waals surface area contributed by atoms with Crippen LogP contribution in [0.5, 0.6) is 0 Å². The summed E-state index contributed by atoms with van der Waals surface area (Å²) in [5.74, 6) is 0.432. The third kappa shape index (κ3) is 3.44. The van der Waals surface area contributed by atoms with Crippen LogP contribution in [0.3, 0.4) is 0 Å². The minimum Gasteiger partial charge on any atom is -0.363 e. The number of amides is 1. The zero-order chi connectivity index (χ0) is 19.2.